The Hall–Kier alpha value is -2.61. The average Bonchev–Trinajstić information content (AvgIpc) is 3.13. The molecule has 0 amide bonds. The lowest BCUT2D eigenvalue weighted by molar-refractivity contribution is 0.152. The lowest BCUT2D eigenvalue weighted by atomic mass is 9.98. The van der Waals surface area contributed by atoms with Gasteiger partial charge in [0.1, 0.15) is 0 Å². The molecule has 1 fully saturated rings. The largest absolute Gasteiger partial charge is 0.487 e. The fourth-order valence-corrected chi connectivity index (χ4v) is 3.96. The zero-order valence-electron chi connectivity index (χ0n) is 19.2. The van der Waals surface area contributed by atoms with Crippen LogP contribution in [0, 0.1) is 0 Å². The molecule has 3 rings (SSSR count). The second-order valence-electron chi connectivity index (χ2n) is 8.34. The molecule has 1 aliphatic rings. The van der Waals surface area contributed by atoms with Gasteiger partial charge in [-0.25, -0.2) is 15.8 Å². The zero-order valence-corrected chi connectivity index (χ0v) is 19.2. The van der Waals surface area contributed by atoms with E-state index in [0.29, 0.717) is 12.4 Å². The van der Waals surface area contributed by atoms with Crippen LogP contribution in [-0.2, 0) is 20.0 Å². The number of nitrogens with zero attached hydrogens (tertiary/aromatic N) is 5. The van der Waals surface area contributed by atoms with Crippen LogP contribution < -0.4 is 16.3 Å². The van der Waals surface area contributed by atoms with Crippen LogP contribution in [0.3, 0.4) is 0 Å². The predicted octanol–water partition coefficient (Wildman–Crippen LogP) is 3.82. The van der Waals surface area contributed by atoms with Gasteiger partial charge < -0.3 is 15.5 Å². The van der Waals surface area contributed by atoms with E-state index < -0.39 is 0 Å². The van der Waals surface area contributed by atoms with E-state index in [1.165, 1.54) is 19.3 Å². The van der Waals surface area contributed by atoms with Crippen LogP contribution in [0.15, 0.2) is 24.3 Å². The first-order chi connectivity index (χ1) is 15.0. The Balaban J connectivity index is 1.78. The Morgan fingerprint density at radius 3 is 2.74 bits per heavy atom. The zero-order chi connectivity index (χ0) is 22.2. The Bertz CT molecular complexity index is 871. The number of allylic oxidation sites excluding steroid dienone is 1. The maximum absolute atomic E-state index is 6.25. The minimum Gasteiger partial charge on any atom is -0.487 e. The lowest BCUT2D eigenvalue weighted by Crippen LogP contribution is -2.27. The summed E-state index contributed by atoms with van der Waals surface area (Å²) in [7, 11) is 1.90. The highest BCUT2D eigenvalue weighted by Crippen LogP contribution is 2.28. The maximum Gasteiger partial charge on any atom is 0.163 e. The quantitative estimate of drug-likeness (QED) is 0.438. The third kappa shape index (κ3) is 6.19. The van der Waals surface area contributed by atoms with Crippen molar-refractivity contribution in [1.29, 1.82) is 0 Å². The molecule has 0 saturated heterocycles. The fourth-order valence-electron chi connectivity index (χ4n) is 3.96. The second-order valence-corrected chi connectivity index (χ2v) is 8.34. The number of rotatable bonds is 10. The van der Waals surface area contributed by atoms with Crippen LogP contribution >= 0.6 is 0 Å². The minimum absolute atomic E-state index is 0.276. The first-order valence-electron chi connectivity index (χ1n) is 11.5. The van der Waals surface area contributed by atoms with Gasteiger partial charge in [0.05, 0.1) is 42.0 Å². The molecule has 1 saturated carbocycles. The van der Waals surface area contributed by atoms with Gasteiger partial charge in [0, 0.05) is 18.9 Å². The molecule has 31 heavy (non-hydrogen) atoms. The average molecular weight is 428 g/mol. The molecule has 8 heteroatoms. The minimum atomic E-state index is 0.276. The van der Waals surface area contributed by atoms with E-state index in [-0.39, 0.29) is 6.10 Å². The number of aryl methyl sites for hydroxylation is 2. The third-order valence-corrected chi connectivity index (χ3v) is 5.80. The molecular weight excluding hydrogens is 390 g/mol. The van der Waals surface area contributed by atoms with E-state index in [1.807, 2.05) is 17.9 Å². The summed E-state index contributed by atoms with van der Waals surface area (Å²) in [6.07, 6.45) is 15.5. The third-order valence-electron chi connectivity index (χ3n) is 5.80. The summed E-state index contributed by atoms with van der Waals surface area (Å²) >= 11 is 0. The van der Waals surface area contributed by atoms with Gasteiger partial charge in [-0.05, 0) is 44.9 Å². The van der Waals surface area contributed by atoms with Gasteiger partial charge in [-0.2, -0.15) is 5.10 Å². The van der Waals surface area contributed by atoms with Gasteiger partial charge in [0.25, 0.3) is 0 Å². The Morgan fingerprint density at radius 2 is 2.03 bits per heavy atom. The van der Waals surface area contributed by atoms with Crippen molar-refractivity contribution in [3.05, 3.63) is 35.7 Å². The van der Waals surface area contributed by atoms with Crippen molar-refractivity contribution in [3.8, 4) is 17.1 Å². The Kier molecular flexibility index (Phi) is 8.28. The summed E-state index contributed by atoms with van der Waals surface area (Å²) in [4.78, 5) is 9.44. The van der Waals surface area contributed by atoms with E-state index in [2.05, 4.69) is 23.9 Å². The lowest BCUT2D eigenvalue weighted by Gasteiger charge is -2.23. The number of nitrogens with two attached hydrogens (primary N) is 2. The number of hydrogen-bond acceptors (Lipinski definition) is 7. The van der Waals surface area contributed by atoms with Crippen LogP contribution in [0.1, 0.15) is 76.6 Å². The molecule has 1 aliphatic carbocycles. The van der Waals surface area contributed by atoms with Crippen molar-refractivity contribution < 1.29 is 4.74 Å². The summed E-state index contributed by atoms with van der Waals surface area (Å²) in [6.45, 7) is 4.70. The highest BCUT2D eigenvalue weighted by Gasteiger charge is 2.20. The number of hydrazine groups is 1. The summed E-state index contributed by atoms with van der Waals surface area (Å²) < 4.78 is 8.06. The molecule has 4 N–H and O–H groups in total. The highest BCUT2D eigenvalue weighted by molar-refractivity contribution is 5.58. The number of ether oxygens (including phenoxy) is 1. The molecule has 0 aliphatic heterocycles. The van der Waals surface area contributed by atoms with Gasteiger partial charge in [0.2, 0.25) is 0 Å². The van der Waals surface area contributed by atoms with Gasteiger partial charge in [-0.1, -0.05) is 26.7 Å². The molecule has 8 nitrogen and oxygen atoms in total. The van der Waals surface area contributed by atoms with Crippen LogP contribution in [0.5, 0.6) is 5.75 Å². The van der Waals surface area contributed by atoms with Crippen molar-refractivity contribution in [2.24, 2.45) is 18.6 Å². The van der Waals surface area contributed by atoms with Crippen molar-refractivity contribution >= 4 is 0 Å². The summed E-state index contributed by atoms with van der Waals surface area (Å²) in [5.41, 5.74) is 9.60. The molecule has 0 atom stereocenters. The van der Waals surface area contributed by atoms with E-state index in [1.54, 1.807) is 17.4 Å². The fraction of sp³-hybridized carbons (Fsp3) is 0.609. The number of unbranched alkanes of at least 4 members (excludes halogenated alkanes) is 1. The van der Waals surface area contributed by atoms with Crippen molar-refractivity contribution in [2.75, 3.05) is 0 Å². The predicted molar refractivity (Wildman–Crippen MR) is 123 cm³/mol. The SMILES string of the molecule is CCCC/C(N)=C/N(N)Cc1c(-c2ncc(OC3CCCCC3)c(CC)n2)cnn1C. The molecule has 2 aromatic heterocycles. The van der Waals surface area contributed by atoms with E-state index in [0.717, 1.165) is 66.9 Å². The standard InChI is InChI=1S/C23H37N7O/c1-4-6-10-17(24)15-30(25)16-21-19(13-27-29(21)3)23-26-14-22(20(5-2)28-23)31-18-11-8-7-9-12-18/h13-15,18H,4-12,16,24-25H2,1-3H3/b17-15-. The Labute approximate surface area is 185 Å². The van der Waals surface area contributed by atoms with E-state index >= 15 is 0 Å². The molecule has 0 spiro atoms. The number of hydrogen-bond donors (Lipinski definition) is 2. The van der Waals surface area contributed by atoms with Crippen molar-refractivity contribution in [1.82, 2.24) is 24.8 Å². The molecule has 0 unspecified atom stereocenters. The van der Waals surface area contributed by atoms with Crippen molar-refractivity contribution in [2.45, 2.75) is 84.3 Å². The number of aromatic nitrogens is 4. The van der Waals surface area contributed by atoms with Crippen LogP contribution in [-0.4, -0.2) is 30.9 Å². The summed E-state index contributed by atoms with van der Waals surface area (Å²) in [5, 5.41) is 6.02. The molecule has 0 aromatic carbocycles. The molecule has 170 valence electrons. The maximum atomic E-state index is 6.25. The topological polar surface area (TPSA) is 108 Å². The van der Waals surface area contributed by atoms with E-state index in [9.17, 15) is 0 Å². The van der Waals surface area contributed by atoms with Crippen LogP contribution in [0.25, 0.3) is 11.4 Å². The monoisotopic (exact) mass is 427 g/mol. The first-order valence-corrected chi connectivity index (χ1v) is 11.5. The summed E-state index contributed by atoms with van der Waals surface area (Å²) in [5.74, 6) is 7.66. The van der Waals surface area contributed by atoms with E-state index in [4.69, 9.17) is 21.3 Å². The van der Waals surface area contributed by atoms with Gasteiger partial charge in [0.15, 0.2) is 11.6 Å². The Morgan fingerprint density at radius 1 is 1.26 bits per heavy atom. The molecule has 2 heterocycles. The molecule has 0 bridgehead atoms. The van der Waals surface area contributed by atoms with Crippen LogP contribution in [0.2, 0.25) is 0 Å². The first kappa shape index (κ1) is 23.1. The smallest absolute Gasteiger partial charge is 0.163 e. The van der Waals surface area contributed by atoms with Crippen LogP contribution in [0.4, 0.5) is 0 Å². The summed E-state index contributed by atoms with van der Waals surface area (Å²) in [6, 6.07) is 0. The highest BCUT2D eigenvalue weighted by atomic mass is 16.5. The van der Waals surface area contributed by atoms with Gasteiger partial charge in [-0.3, -0.25) is 4.68 Å². The molecule has 2 aromatic rings. The second kappa shape index (κ2) is 11.1. The normalized spacial score (nSPS) is 15.3. The molecule has 0 radical (unpaired) electrons. The van der Waals surface area contributed by atoms with Gasteiger partial charge >= 0.3 is 0 Å². The van der Waals surface area contributed by atoms with Gasteiger partial charge in [-0.15, -0.1) is 0 Å². The van der Waals surface area contributed by atoms with Crippen molar-refractivity contribution in [3.63, 3.8) is 0 Å². The molecular formula is C23H37N7O.